The van der Waals surface area contributed by atoms with E-state index in [1.54, 1.807) is 23.7 Å². The highest BCUT2D eigenvalue weighted by Crippen LogP contribution is 2.24. The lowest BCUT2D eigenvalue weighted by Crippen LogP contribution is -2.44. The molecule has 1 saturated heterocycles. The predicted octanol–water partition coefficient (Wildman–Crippen LogP) is 5.22. The summed E-state index contributed by atoms with van der Waals surface area (Å²) in [5, 5.41) is 7.00. The van der Waals surface area contributed by atoms with Crippen molar-refractivity contribution in [3.63, 3.8) is 0 Å². The molecule has 0 spiro atoms. The number of hydrogen-bond donors (Lipinski definition) is 2. The van der Waals surface area contributed by atoms with E-state index in [4.69, 9.17) is 11.6 Å². The Morgan fingerprint density at radius 1 is 1.14 bits per heavy atom. The van der Waals surface area contributed by atoms with Crippen LogP contribution in [-0.2, 0) is 21.4 Å². The number of aromatic nitrogens is 2. The first-order chi connectivity index (χ1) is 17.4. The minimum atomic E-state index is -3.66. The van der Waals surface area contributed by atoms with Gasteiger partial charge in [-0.05, 0) is 61.4 Å². The van der Waals surface area contributed by atoms with E-state index in [2.05, 4.69) is 24.5 Å². The van der Waals surface area contributed by atoms with Crippen molar-refractivity contribution in [2.75, 3.05) is 22.7 Å². The number of anilines is 2. The van der Waals surface area contributed by atoms with Crippen LogP contribution in [0, 0.1) is 0 Å². The molecule has 2 aromatic heterocycles. The average molecular weight is 548 g/mol. The number of benzene rings is 2. The monoisotopic (exact) mass is 547 g/mol. The Morgan fingerprint density at radius 3 is 2.64 bits per heavy atom. The van der Waals surface area contributed by atoms with E-state index >= 15 is 0 Å². The van der Waals surface area contributed by atoms with Crippen LogP contribution < -0.4 is 14.9 Å². The van der Waals surface area contributed by atoms with Gasteiger partial charge in [0.15, 0.2) is 5.13 Å². The molecular weight excluding hydrogens is 518 g/mol. The number of carbonyl (C=O) groups excluding carboxylic acids is 1. The van der Waals surface area contributed by atoms with Gasteiger partial charge in [0.25, 0.3) is 10.0 Å². The van der Waals surface area contributed by atoms with Crippen molar-refractivity contribution in [2.45, 2.75) is 36.7 Å². The third-order valence-electron chi connectivity index (χ3n) is 6.34. The van der Waals surface area contributed by atoms with Gasteiger partial charge in [-0.3, -0.25) is 9.52 Å². The van der Waals surface area contributed by atoms with Gasteiger partial charge in [-0.25, -0.2) is 13.4 Å². The lowest BCUT2D eigenvalue weighted by molar-refractivity contribution is -0.122. The Balaban J connectivity index is 0.00000200. The number of piperidine rings is 1. The topological polar surface area (TPSA) is 96.3 Å². The highest BCUT2D eigenvalue weighted by Gasteiger charge is 2.22. The molecule has 11 heteroatoms. The van der Waals surface area contributed by atoms with Crippen molar-refractivity contribution in [3.8, 4) is 0 Å². The Kier molecular flexibility index (Phi) is 7.17. The average Bonchev–Trinajstić information content (AvgIpc) is 3.52. The number of aryl methyl sites for hydroxylation is 1. The molecule has 0 aliphatic carbocycles. The van der Waals surface area contributed by atoms with Gasteiger partial charge >= 0.3 is 0 Å². The van der Waals surface area contributed by atoms with Crippen LogP contribution in [0.4, 0.5) is 10.8 Å². The minimum Gasteiger partial charge on any atom is -0.371 e. The molecule has 3 heterocycles. The number of amides is 1. The van der Waals surface area contributed by atoms with Crippen LogP contribution in [0.25, 0.3) is 10.9 Å². The summed E-state index contributed by atoms with van der Waals surface area (Å²) < 4.78 is 29.6. The van der Waals surface area contributed by atoms with Crippen molar-refractivity contribution in [1.82, 2.24) is 14.9 Å². The van der Waals surface area contributed by atoms with Crippen molar-refractivity contribution >= 4 is 60.6 Å². The second-order valence-electron chi connectivity index (χ2n) is 8.73. The highest BCUT2D eigenvalue weighted by atomic mass is 35.5. The molecule has 0 unspecified atom stereocenters. The molecule has 1 amide bonds. The lowest BCUT2D eigenvalue weighted by Gasteiger charge is -2.34. The van der Waals surface area contributed by atoms with Crippen LogP contribution >= 0.6 is 22.9 Å². The van der Waals surface area contributed by atoms with E-state index in [9.17, 15) is 13.2 Å². The second kappa shape index (κ2) is 10.5. The van der Waals surface area contributed by atoms with Crippen molar-refractivity contribution in [3.05, 3.63) is 71.3 Å². The first kappa shape index (κ1) is 24.6. The largest absolute Gasteiger partial charge is 0.371 e. The van der Waals surface area contributed by atoms with Gasteiger partial charge in [0.1, 0.15) is 0 Å². The summed E-state index contributed by atoms with van der Waals surface area (Å²) in [4.78, 5) is 18.9. The fraction of sp³-hybridized carbons (Fsp3) is 0.280. The Hall–Kier alpha value is -3.08. The molecule has 8 nitrogen and oxygen atoms in total. The van der Waals surface area contributed by atoms with E-state index in [0.29, 0.717) is 23.1 Å². The van der Waals surface area contributed by atoms with Crippen LogP contribution in [0.1, 0.15) is 22.1 Å². The minimum absolute atomic E-state index is 0. The normalized spacial score (nSPS) is 14.8. The Morgan fingerprint density at radius 2 is 1.92 bits per heavy atom. The van der Waals surface area contributed by atoms with Crippen LogP contribution in [0.5, 0.6) is 0 Å². The molecule has 5 rings (SSSR count). The summed E-state index contributed by atoms with van der Waals surface area (Å²) in [5.41, 5.74) is 2.03. The number of thiazole rings is 1. The standard InChI is InChI=1S/C25H26ClN5O3S2.2H2/c26-19-1-6-23-18(17-19)7-12-31(23)15-10-24(32)28-20-8-13-30(14-9-20)21-2-4-22(5-3-21)36(33,34)29-25-27-11-16-35-25;;/h1-7,11-12,16-17,20H,8-10,13-15H2,(H,27,29)(H,28,32);2*1H. The van der Waals surface area contributed by atoms with E-state index in [1.807, 2.05) is 42.6 Å². The summed E-state index contributed by atoms with van der Waals surface area (Å²) in [5.74, 6) is 0.0477. The zero-order chi connectivity index (χ0) is 25.1. The number of halogens is 1. The number of rotatable bonds is 8. The maximum atomic E-state index is 12.6. The van der Waals surface area contributed by atoms with Crippen molar-refractivity contribution in [2.24, 2.45) is 0 Å². The number of carbonyl (C=O) groups is 1. The fourth-order valence-corrected chi connectivity index (χ4v) is 6.42. The highest BCUT2D eigenvalue weighted by molar-refractivity contribution is 7.93. The van der Waals surface area contributed by atoms with Gasteiger partial charge < -0.3 is 14.8 Å². The number of nitrogens with one attached hydrogen (secondary N) is 2. The zero-order valence-electron chi connectivity index (χ0n) is 19.4. The fourth-order valence-electron chi connectivity index (χ4n) is 4.45. The predicted molar refractivity (Wildman–Crippen MR) is 149 cm³/mol. The van der Waals surface area contributed by atoms with Crippen molar-refractivity contribution < 1.29 is 16.1 Å². The van der Waals surface area contributed by atoms with Crippen LogP contribution in [0.2, 0.25) is 5.02 Å². The van der Waals surface area contributed by atoms with Gasteiger partial charge in [0.05, 0.1) is 4.90 Å². The summed E-state index contributed by atoms with van der Waals surface area (Å²) in [6.07, 6.45) is 5.62. The van der Waals surface area contributed by atoms with Crippen molar-refractivity contribution in [1.29, 1.82) is 0 Å². The molecule has 0 saturated carbocycles. The molecule has 0 atom stereocenters. The molecule has 2 aromatic carbocycles. The van der Waals surface area contributed by atoms with Gasteiger partial charge in [-0.1, -0.05) is 11.6 Å². The SMILES string of the molecule is O=C(CCn1ccc2cc(Cl)ccc21)NC1CCN(c2ccc(S(=O)(=O)Nc3nccs3)cc2)CC1.[HH].[HH]. The second-order valence-corrected chi connectivity index (χ2v) is 11.7. The molecule has 1 aliphatic heterocycles. The zero-order valence-corrected chi connectivity index (χ0v) is 21.8. The van der Waals surface area contributed by atoms with Gasteiger partial charge in [0, 0.05) is 74.3 Å². The molecule has 4 aromatic rings. The number of sulfonamides is 1. The number of nitrogens with zero attached hydrogens (tertiary/aromatic N) is 3. The Bertz CT molecular complexity index is 1460. The molecule has 192 valence electrons. The molecule has 36 heavy (non-hydrogen) atoms. The van der Waals surface area contributed by atoms with E-state index in [0.717, 1.165) is 42.5 Å². The Labute approximate surface area is 221 Å². The first-order valence-electron chi connectivity index (χ1n) is 11.7. The molecule has 0 radical (unpaired) electrons. The maximum absolute atomic E-state index is 12.6. The third-order valence-corrected chi connectivity index (χ3v) is 8.75. The van der Waals surface area contributed by atoms with Crippen LogP contribution in [-0.4, -0.2) is 43.0 Å². The van der Waals surface area contributed by atoms with Gasteiger partial charge in [-0.2, -0.15) is 0 Å². The van der Waals surface area contributed by atoms with Crippen LogP contribution in [0.15, 0.2) is 71.2 Å². The molecule has 1 aliphatic rings. The summed E-state index contributed by atoms with van der Waals surface area (Å²) in [6.45, 7) is 2.19. The molecule has 1 fully saturated rings. The summed E-state index contributed by atoms with van der Waals surface area (Å²) in [6, 6.07) is 14.8. The van der Waals surface area contributed by atoms with E-state index in [1.165, 1.54) is 11.3 Å². The van der Waals surface area contributed by atoms with E-state index in [-0.39, 0.29) is 19.7 Å². The maximum Gasteiger partial charge on any atom is 0.263 e. The summed E-state index contributed by atoms with van der Waals surface area (Å²) >= 11 is 7.29. The smallest absolute Gasteiger partial charge is 0.263 e. The summed E-state index contributed by atoms with van der Waals surface area (Å²) in [7, 11) is -3.66. The number of hydrogen-bond acceptors (Lipinski definition) is 6. The lowest BCUT2D eigenvalue weighted by atomic mass is 10.0. The molecule has 0 bridgehead atoms. The van der Waals surface area contributed by atoms with E-state index < -0.39 is 10.0 Å². The van der Waals surface area contributed by atoms with Crippen LogP contribution in [0.3, 0.4) is 0 Å². The molecule has 2 N–H and O–H groups in total. The number of fused-ring (bicyclic) bond motifs is 1. The quantitative estimate of drug-likeness (QED) is 0.315. The molecular formula is C25H30ClN5O3S2. The third kappa shape index (κ3) is 5.66. The van der Waals surface area contributed by atoms with Gasteiger partial charge in [-0.15, -0.1) is 11.3 Å². The first-order valence-corrected chi connectivity index (χ1v) is 14.4. The van der Waals surface area contributed by atoms with Gasteiger partial charge in [0.2, 0.25) is 5.91 Å².